The van der Waals surface area contributed by atoms with E-state index in [0.29, 0.717) is 28.0 Å². The molecule has 0 atom stereocenters. The van der Waals surface area contributed by atoms with E-state index in [1.807, 2.05) is 42.0 Å². The summed E-state index contributed by atoms with van der Waals surface area (Å²) < 4.78 is 11.8. The van der Waals surface area contributed by atoms with Gasteiger partial charge in [-0.3, -0.25) is 0 Å². The van der Waals surface area contributed by atoms with Crippen LogP contribution in [-0.2, 0) is 11.3 Å². The molecule has 2 heterocycles. The number of aromatic nitrogens is 1. The van der Waals surface area contributed by atoms with Gasteiger partial charge in [-0.15, -0.1) is 23.1 Å². The Bertz CT molecular complexity index is 877. The lowest BCUT2D eigenvalue weighted by molar-refractivity contribution is 0.0591. The summed E-state index contributed by atoms with van der Waals surface area (Å²) in [4.78, 5) is 16.8. The molecular weight excluding hydrogens is 366 g/mol. The van der Waals surface area contributed by atoms with Crippen molar-refractivity contribution in [3.05, 3.63) is 51.9 Å². The number of benzene rings is 1. The average Bonchev–Trinajstić information content (AvgIpc) is 3.07. The summed E-state index contributed by atoms with van der Waals surface area (Å²) in [6.45, 7) is 0.325. The van der Waals surface area contributed by atoms with Crippen LogP contribution in [0.1, 0.15) is 15.9 Å². The molecule has 0 radical (unpaired) electrons. The molecule has 1 aromatic carbocycles. The summed E-state index contributed by atoms with van der Waals surface area (Å²) >= 11 is 8.78. The van der Waals surface area contributed by atoms with E-state index < -0.39 is 5.97 Å². The Kier molecular flexibility index (Phi) is 5.28. The van der Waals surface area contributed by atoms with Gasteiger partial charge < -0.3 is 9.47 Å². The standard InChI is InChI=1S/C17H14ClNO3S2/c1-21-17(20)13-14(22-9-10-3-5-11(18)6-4-10)15-12(7-8-24-15)19-16(13)23-2/h3-8H,9H2,1-2H3. The van der Waals surface area contributed by atoms with Crippen molar-refractivity contribution in [2.75, 3.05) is 13.4 Å². The first-order valence-corrected chi connectivity index (χ1v) is 9.53. The predicted octanol–water partition coefficient (Wildman–Crippen LogP) is 5.04. The van der Waals surface area contributed by atoms with Crippen molar-refractivity contribution in [1.82, 2.24) is 4.98 Å². The molecule has 2 aromatic heterocycles. The Labute approximate surface area is 152 Å². The van der Waals surface area contributed by atoms with Crippen molar-refractivity contribution in [2.24, 2.45) is 0 Å². The Morgan fingerprint density at radius 3 is 2.71 bits per heavy atom. The molecule has 0 fully saturated rings. The fraction of sp³-hybridized carbons (Fsp3) is 0.176. The summed E-state index contributed by atoms with van der Waals surface area (Å²) in [5.74, 6) is 0.0643. The molecule has 0 saturated carbocycles. The normalized spacial score (nSPS) is 10.8. The highest BCUT2D eigenvalue weighted by molar-refractivity contribution is 7.98. The number of ether oxygens (including phenoxy) is 2. The van der Waals surface area contributed by atoms with Gasteiger partial charge in [0.1, 0.15) is 17.2 Å². The van der Waals surface area contributed by atoms with Gasteiger partial charge in [-0.2, -0.15) is 0 Å². The zero-order valence-corrected chi connectivity index (χ0v) is 15.4. The number of halogens is 1. The van der Waals surface area contributed by atoms with Crippen LogP contribution in [0.3, 0.4) is 0 Å². The fourth-order valence-corrected chi connectivity index (χ4v) is 3.77. The largest absolute Gasteiger partial charge is 0.486 e. The maximum absolute atomic E-state index is 12.3. The topological polar surface area (TPSA) is 48.4 Å². The number of thioether (sulfide) groups is 1. The summed E-state index contributed by atoms with van der Waals surface area (Å²) in [5, 5.41) is 3.19. The van der Waals surface area contributed by atoms with Gasteiger partial charge in [0, 0.05) is 5.02 Å². The molecule has 0 amide bonds. The molecular formula is C17H14ClNO3S2. The van der Waals surface area contributed by atoms with Crippen LogP contribution in [0.25, 0.3) is 10.2 Å². The number of hydrogen-bond donors (Lipinski definition) is 0. The second kappa shape index (κ2) is 7.42. The van der Waals surface area contributed by atoms with Gasteiger partial charge in [0.05, 0.1) is 17.3 Å². The number of nitrogens with zero attached hydrogens (tertiary/aromatic N) is 1. The van der Waals surface area contributed by atoms with Crippen molar-refractivity contribution in [2.45, 2.75) is 11.6 Å². The summed E-state index contributed by atoms with van der Waals surface area (Å²) in [7, 11) is 1.36. The maximum Gasteiger partial charge on any atom is 0.344 e. The molecule has 0 aliphatic heterocycles. The number of rotatable bonds is 5. The molecule has 3 aromatic rings. The highest BCUT2D eigenvalue weighted by Gasteiger charge is 2.24. The third kappa shape index (κ3) is 3.36. The van der Waals surface area contributed by atoms with E-state index in [0.717, 1.165) is 15.8 Å². The van der Waals surface area contributed by atoms with Crippen LogP contribution < -0.4 is 4.74 Å². The molecule has 24 heavy (non-hydrogen) atoms. The zero-order valence-electron chi connectivity index (χ0n) is 13.0. The SMILES string of the molecule is COC(=O)c1c(SC)nc2ccsc2c1OCc1ccc(Cl)cc1. The van der Waals surface area contributed by atoms with E-state index in [1.165, 1.54) is 30.2 Å². The smallest absolute Gasteiger partial charge is 0.344 e. The minimum Gasteiger partial charge on any atom is -0.486 e. The van der Waals surface area contributed by atoms with Gasteiger partial charge in [-0.05, 0) is 35.4 Å². The van der Waals surface area contributed by atoms with Gasteiger partial charge in [-0.1, -0.05) is 23.7 Å². The Hall–Kier alpha value is -1.76. The van der Waals surface area contributed by atoms with Crippen LogP contribution >= 0.6 is 34.7 Å². The number of fused-ring (bicyclic) bond motifs is 1. The molecule has 7 heteroatoms. The van der Waals surface area contributed by atoms with Gasteiger partial charge in [0.25, 0.3) is 0 Å². The zero-order chi connectivity index (χ0) is 17.1. The lowest BCUT2D eigenvalue weighted by Crippen LogP contribution is -2.09. The molecule has 0 aliphatic carbocycles. The molecule has 3 rings (SSSR count). The first kappa shape index (κ1) is 17.1. The van der Waals surface area contributed by atoms with Gasteiger partial charge in [0.2, 0.25) is 0 Å². The lowest BCUT2D eigenvalue weighted by atomic mass is 10.2. The monoisotopic (exact) mass is 379 g/mol. The third-order valence-corrected chi connectivity index (χ3v) is 5.23. The molecule has 0 unspecified atom stereocenters. The number of pyridine rings is 1. The third-order valence-electron chi connectivity index (χ3n) is 3.39. The van der Waals surface area contributed by atoms with E-state index >= 15 is 0 Å². The molecule has 124 valence electrons. The number of carbonyl (C=O) groups excluding carboxylic acids is 1. The van der Waals surface area contributed by atoms with E-state index in [-0.39, 0.29) is 0 Å². The van der Waals surface area contributed by atoms with E-state index in [9.17, 15) is 4.79 Å². The summed E-state index contributed by atoms with van der Waals surface area (Å²) in [6.07, 6.45) is 1.87. The minimum absolute atomic E-state index is 0.325. The van der Waals surface area contributed by atoms with Crippen molar-refractivity contribution in [3.63, 3.8) is 0 Å². The Morgan fingerprint density at radius 1 is 1.29 bits per heavy atom. The van der Waals surface area contributed by atoms with Crippen LogP contribution in [0.2, 0.25) is 5.02 Å². The highest BCUT2D eigenvalue weighted by atomic mass is 35.5. The number of hydrogen-bond acceptors (Lipinski definition) is 6. The summed E-state index contributed by atoms with van der Waals surface area (Å²) in [5.41, 5.74) is 2.14. The number of carbonyl (C=O) groups is 1. The van der Waals surface area contributed by atoms with Crippen LogP contribution in [0.15, 0.2) is 40.7 Å². The van der Waals surface area contributed by atoms with Crippen molar-refractivity contribution in [3.8, 4) is 5.75 Å². The number of methoxy groups -OCH3 is 1. The molecule has 0 saturated heterocycles. The van der Waals surface area contributed by atoms with Gasteiger partial charge in [-0.25, -0.2) is 9.78 Å². The molecule has 4 nitrogen and oxygen atoms in total. The first-order chi connectivity index (χ1) is 11.6. The predicted molar refractivity (Wildman–Crippen MR) is 98.5 cm³/mol. The second-order valence-electron chi connectivity index (χ2n) is 4.87. The van der Waals surface area contributed by atoms with E-state index in [1.54, 1.807) is 0 Å². The van der Waals surface area contributed by atoms with Crippen molar-refractivity contribution in [1.29, 1.82) is 0 Å². The Morgan fingerprint density at radius 2 is 2.04 bits per heavy atom. The average molecular weight is 380 g/mol. The molecule has 0 bridgehead atoms. The summed E-state index contributed by atoms with van der Waals surface area (Å²) in [6, 6.07) is 9.31. The van der Waals surface area contributed by atoms with Crippen LogP contribution in [0, 0.1) is 0 Å². The number of esters is 1. The van der Waals surface area contributed by atoms with Gasteiger partial charge >= 0.3 is 5.97 Å². The van der Waals surface area contributed by atoms with E-state index in [4.69, 9.17) is 21.1 Å². The minimum atomic E-state index is -0.451. The lowest BCUT2D eigenvalue weighted by Gasteiger charge is -2.14. The molecule has 0 N–H and O–H groups in total. The van der Waals surface area contributed by atoms with Crippen LogP contribution in [0.4, 0.5) is 0 Å². The fourth-order valence-electron chi connectivity index (χ4n) is 2.24. The van der Waals surface area contributed by atoms with Crippen molar-refractivity contribution < 1.29 is 14.3 Å². The first-order valence-electron chi connectivity index (χ1n) is 7.04. The Balaban J connectivity index is 2.04. The van der Waals surface area contributed by atoms with E-state index in [2.05, 4.69) is 4.98 Å². The second-order valence-corrected chi connectivity index (χ2v) is 7.01. The molecule has 0 aliphatic rings. The molecule has 0 spiro atoms. The van der Waals surface area contributed by atoms with Gasteiger partial charge in [0.15, 0.2) is 5.75 Å². The van der Waals surface area contributed by atoms with Crippen LogP contribution in [0.5, 0.6) is 5.75 Å². The number of thiophene rings is 1. The quantitative estimate of drug-likeness (QED) is 0.459. The van der Waals surface area contributed by atoms with Crippen LogP contribution in [-0.4, -0.2) is 24.3 Å². The van der Waals surface area contributed by atoms with Crippen molar-refractivity contribution >= 4 is 50.9 Å². The maximum atomic E-state index is 12.3. The highest BCUT2D eigenvalue weighted by Crippen LogP contribution is 2.38.